The molecule has 4 rings (SSSR count). The third-order valence-corrected chi connectivity index (χ3v) is 8.76. The maximum atomic E-state index is 13.9. The first-order valence-corrected chi connectivity index (χ1v) is 16.5. The number of urea groups is 1. The molecule has 0 radical (unpaired) electrons. The van der Waals surface area contributed by atoms with Gasteiger partial charge in [0, 0.05) is 31.9 Å². The van der Waals surface area contributed by atoms with E-state index in [1.807, 2.05) is 4.72 Å². The van der Waals surface area contributed by atoms with Crippen LogP contribution in [-0.4, -0.2) is 52.4 Å². The molecule has 0 aromatic heterocycles. The summed E-state index contributed by atoms with van der Waals surface area (Å²) < 4.78 is 58.5. The summed E-state index contributed by atoms with van der Waals surface area (Å²) in [5.41, 5.74) is 2.65. The fourth-order valence-corrected chi connectivity index (χ4v) is 5.92. The van der Waals surface area contributed by atoms with Gasteiger partial charge < -0.3 is 15.1 Å². The zero-order chi connectivity index (χ0) is 35.0. The van der Waals surface area contributed by atoms with Crippen molar-refractivity contribution >= 4 is 66.4 Å². The minimum absolute atomic E-state index is 0. The van der Waals surface area contributed by atoms with Gasteiger partial charge in [-0.15, -0.1) is 0 Å². The molecule has 0 aliphatic carbocycles. The molecule has 0 saturated carbocycles. The maximum absolute atomic E-state index is 13.9. The Bertz CT molecular complexity index is 1890. The van der Waals surface area contributed by atoms with Crippen molar-refractivity contribution in [2.75, 3.05) is 23.9 Å². The van der Waals surface area contributed by atoms with E-state index in [2.05, 4.69) is 10.0 Å². The number of nitrogens with one attached hydrogen (secondary N) is 3. The number of anilines is 2. The van der Waals surface area contributed by atoms with E-state index in [-0.39, 0.29) is 39.8 Å². The highest BCUT2D eigenvalue weighted by atomic mass is 32.2. The second-order valence-corrected chi connectivity index (χ2v) is 12.8. The van der Waals surface area contributed by atoms with Crippen LogP contribution >= 0.6 is 27.0 Å². The molecule has 0 saturated heterocycles. The van der Waals surface area contributed by atoms with Crippen LogP contribution in [0.4, 0.5) is 25.0 Å². The van der Waals surface area contributed by atoms with Crippen molar-refractivity contribution in [1.82, 2.24) is 14.8 Å². The van der Waals surface area contributed by atoms with Crippen molar-refractivity contribution in [1.29, 1.82) is 0 Å². The van der Waals surface area contributed by atoms with E-state index in [1.54, 1.807) is 67.6 Å². The summed E-state index contributed by atoms with van der Waals surface area (Å²) in [5.74, 6) is -2.15. The van der Waals surface area contributed by atoms with Gasteiger partial charge in [-0.25, -0.2) is 18.3 Å². The van der Waals surface area contributed by atoms with Crippen LogP contribution in [0.1, 0.15) is 22.3 Å². The first-order valence-electron chi connectivity index (χ1n) is 15.0. The van der Waals surface area contributed by atoms with Gasteiger partial charge in [-0.05, 0) is 78.9 Å². The summed E-state index contributed by atoms with van der Waals surface area (Å²) in [6, 6.07) is 21.8. The Morgan fingerprint density at radius 2 is 1.06 bits per heavy atom. The Hall–Kier alpha value is -4.44. The summed E-state index contributed by atoms with van der Waals surface area (Å²) in [4.78, 5) is 42.9. The molecule has 0 unspecified atom stereocenters. The molecule has 0 aliphatic heterocycles. The van der Waals surface area contributed by atoms with Crippen LogP contribution in [0.25, 0.3) is 0 Å². The van der Waals surface area contributed by atoms with Crippen LogP contribution in [-0.2, 0) is 32.6 Å². The molecular formula is C35H41F2N5O5S3. The van der Waals surface area contributed by atoms with Crippen LogP contribution in [0.15, 0.2) is 97.1 Å². The van der Waals surface area contributed by atoms with Gasteiger partial charge in [0.15, 0.2) is 0 Å². The second-order valence-electron chi connectivity index (χ2n) is 11.3. The highest BCUT2D eigenvalue weighted by Crippen LogP contribution is 2.20. The lowest BCUT2D eigenvalue weighted by molar-refractivity contribution is -0.120. The number of likely N-dealkylation sites (N-methyl/N-ethyl adjacent to an activating group) is 2. The summed E-state index contributed by atoms with van der Waals surface area (Å²) in [5, 5.41) is 2.44. The van der Waals surface area contributed by atoms with Crippen molar-refractivity contribution in [3.63, 3.8) is 0 Å². The predicted molar refractivity (Wildman–Crippen MR) is 201 cm³/mol. The zero-order valence-electron chi connectivity index (χ0n) is 27.9. The normalized spacial score (nSPS) is 12.0. The number of rotatable bonds is 12. The number of hydrogen-bond acceptors (Lipinski definition) is 5. The molecule has 0 aliphatic rings. The van der Waals surface area contributed by atoms with Gasteiger partial charge in [-0.2, -0.15) is 40.1 Å². The molecule has 0 heterocycles. The molecule has 10 nitrogen and oxygen atoms in total. The third-order valence-electron chi connectivity index (χ3n) is 7.71. The van der Waals surface area contributed by atoms with Gasteiger partial charge in [0.25, 0.3) is 0 Å². The molecule has 0 spiro atoms. The first kappa shape index (κ1) is 41.7. The number of carbonyl (C=O) groups excluding carboxylic acids is 3. The number of nitrogens with zero attached hydrogens (tertiary/aromatic N) is 2. The fraction of sp³-hybridized carbons (Fsp3) is 0.229. The molecule has 0 bridgehead atoms. The van der Waals surface area contributed by atoms with E-state index in [0.29, 0.717) is 33.6 Å². The molecule has 0 fully saturated rings. The van der Waals surface area contributed by atoms with Gasteiger partial charge in [0.1, 0.15) is 23.7 Å². The van der Waals surface area contributed by atoms with Gasteiger partial charge in [0.2, 0.25) is 11.8 Å². The average molecular weight is 746 g/mol. The maximum Gasteiger partial charge on any atom is 0.330 e. The van der Waals surface area contributed by atoms with Crippen molar-refractivity contribution in [2.24, 2.45) is 0 Å². The Morgan fingerprint density at radius 1 is 0.660 bits per heavy atom. The largest absolute Gasteiger partial charge is 0.330 e. The van der Waals surface area contributed by atoms with Crippen molar-refractivity contribution < 1.29 is 31.6 Å². The molecule has 3 N–H and O–H groups in total. The summed E-state index contributed by atoms with van der Waals surface area (Å²) in [7, 11) is -1.80. The van der Waals surface area contributed by atoms with Crippen LogP contribution < -0.4 is 24.6 Å². The molecular weight excluding hydrogens is 705 g/mol. The highest BCUT2D eigenvalue weighted by molar-refractivity contribution is 7.88. The molecule has 50 heavy (non-hydrogen) atoms. The summed E-state index contributed by atoms with van der Waals surface area (Å²) in [6.45, 7) is 3.09. The highest BCUT2D eigenvalue weighted by Gasteiger charge is 2.31. The van der Waals surface area contributed by atoms with E-state index >= 15 is 0 Å². The Kier molecular flexibility index (Phi) is 15.5. The van der Waals surface area contributed by atoms with E-state index in [4.69, 9.17) is 0 Å². The molecule has 268 valence electrons. The lowest BCUT2D eigenvalue weighted by Gasteiger charge is -2.26. The molecule has 15 heteroatoms. The Balaban J connectivity index is 0.00000433. The Morgan fingerprint density at radius 3 is 1.48 bits per heavy atom. The number of halogens is 2. The molecule has 4 aromatic rings. The van der Waals surface area contributed by atoms with Crippen molar-refractivity contribution in [2.45, 2.75) is 38.8 Å². The second kappa shape index (κ2) is 18.5. The monoisotopic (exact) mass is 745 g/mol. The smallest absolute Gasteiger partial charge is 0.325 e. The van der Waals surface area contributed by atoms with E-state index in [9.17, 15) is 31.6 Å². The number of amides is 4. The summed E-state index contributed by atoms with van der Waals surface area (Å²) in [6.07, 6.45) is -0.0498. The van der Waals surface area contributed by atoms with Crippen LogP contribution in [0.3, 0.4) is 0 Å². The van der Waals surface area contributed by atoms with E-state index < -0.39 is 51.8 Å². The lowest BCUT2D eigenvalue weighted by atomic mass is 10.0. The van der Waals surface area contributed by atoms with Crippen LogP contribution in [0.5, 0.6) is 0 Å². The van der Waals surface area contributed by atoms with Gasteiger partial charge >= 0.3 is 16.2 Å². The van der Waals surface area contributed by atoms with Crippen molar-refractivity contribution in [3.05, 3.63) is 131 Å². The van der Waals surface area contributed by atoms with Gasteiger partial charge in [-0.1, -0.05) is 60.7 Å². The van der Waals surface area contributed by atoms with Gasteiger partial charge in [-0.3, -0.25) is 9.59 Å². The predicted octanol–water partition coefficient (Wildman–Crippen LogP) is 4.79. The van der Waals surface area contributed by atoms with Crippen LogP contribution in [0.2, 0.25) is 0 Å². The Labute approximate surface area is 305 Å². The topological polar surface area (TPSA) is 128 Å². The van der Waals surface area contributed by atoms with Gasteiger partial charge in [0.05, 0.1) is 0 Å². The zero-order valence-corrected chi connectivity index (χ0v) is 30.7. The minimum atomic E-state index is -4.69. The number of carbonyl (C=O) groups is 3. The molecule has 4 aromatic carbocycles. The number of hydrogen-bond donors (Lipinski definition) is 3. The third kappa shape index (κ3) is 11.3. The lowest BCUT2D eigenvalue weighted by Crippen LogP contribution is -2.57. The van der Waals surface area contributed by atoms with Crippen LogP contribution in [0, 0.1) is 25.5 Å². The number of benzene rings is 4. The minimum Gasteiger partial charge on any atom is -0.325 e. The summed E-state index contributed by atoms with van der Waals surface area (Å²) >= 11 is 0. The van der Waals surface area contributed by atoms with E-state index in [0.717, 1.165) is 0 Å². The van der Waals surface area contributed by atoms with E-state index in [1.165, 1.54) is 67.2 Å². The standard InChI is InChI=1S/C35H37F2N5O5S.2H2S/c1-23-19-27(15-17-29(23)36)41(3)33(43)31(21-25-11-7-5-8-12-25)38-35(45)40-48(46,47)39-32(22-26-13-9-6-10-14-26)34(44)42(4)28-16-18-30(37)24(2)20-28;;/h5-20,31-32,39H,21-22H2,1-4H3,(H2,38,40,45);2*1H2/t31-,32-;;/m0../s1. The SMILES string of the molecule is Cc1cc(N(C)C(=O)[C@H](Cc2ccccc2)NC(=O)NS(=O)(=O)N[C@@H](Cc2ccccc2)C(=O)N(C)c2ccc(F)c(C)c2)ccc1F.S.S. The molecule has 2 atom stereocenters. The fourth-order valence-electron chi connectivity index (χ4n) is 5.00. The number of aryl methyl sites for hydroxylation is 2. The molecule has 4 amide bonds. The quantitative estimate of drug-likeness (QED) is 0.192. The average Bonchev–Trinajstić information content (AvgIpc) is 3.05. The van der Waals surface area contributed by atoms with Crippen molar-refractivity contribution in [3.8, 4) is 0 Å². The first-order chi connectivity index (χ1) is 22.7.